The number of likely N-dealkylation sites (tertiary alicyclic amines) is 1. The number of nitrogens with zero attached hydrogens (tertiary/aromatic N) is 3. The molecule has 1 aromatic heterocycles. The van der Waals surface area contributed by atoms with Crippen LogP contribution in [0.15, 0.2) is 0 Å². The van der Waals surface area contributed by atoms with Crippen LogP contribution in [-0.4, -0.2) is 75.7 Å². The Bertz CT molecular complexity index is 593. The number of aliphatic hydroxyl groups is 1. The third kappa shape index (κ3) is 3.86. The van der Waals surface area contributed by atoms with Crippen molar-refractivity contribution in [3.63, 3.8) is 0 Å². The van der Waals surface area contributed by atoms with E-state index in [1.165, 1.54) is 0 Å². The van der Waals surface area contributed by atoms with Crippen LogP contribution in [0.4, 0.5) is 0 Å². The second kappa shape index (κ2) is 7.80. The van der Waals surface area contributed by atoms with Gasteiger partial charge in [0.15, 0.2) is 5.82 Å². The first kappa shape index (κ1) is 18.3. The first-order valence-electron chi connectivity index (χ1n) is 9.03. The minimum Gasteiger partial charge on any atom is -0.394 e. The Morgan fingerprint density at radius 2 is 2.32 bits per heavy atom. The first-order valence-corrected chi connectivity index (χ1v) is 9.03. The molecule has 1 aliphatic carbocycles. The van der Waals surface area contributed by atoms with Crippen molar-refractivity contribution in [3.8, 4) is 0 Å². The molecule has 1 amide bonds. The van der Waals surface area contributed by atoms with Crippen molar-refractivity contribution in [1.82, 2.24) is 20.1 Å². The molecule has 1 saturated carbocycles. The zero-order valence-corrected chi connectivity index (χ0v) is 15.0. The number of fused-ring (bicyclic) bond motifs is 1. The molecule has 0 radical (unpaired) electrons. The Hall–Kier alpha value is -1.51. The lowest BCUT2D eigenvalue weighted by Crippen LogP contribution is -2.53. The van der Waals surface area contributed by atoms with E-state index >= 15 is 0 Å². The van der Waals surface area contributed by atoms with Gasteiger partial charge in [0.05, 0.1) is 31.0 Å². The van der Waals surface area contributed by atoms with Crippen molar-refractivity contribution in [1.29, 1.82) is 0 Å². The van der Waals surface area contributed by atoms with Crippen LogP contribution in [0.5, 0.6) is 0 Å². The lowest BCUT2D eigenvalue weighted by Gasteiger charge is -2.43. The highest BCUT2D eigenvalue weighted by Gasteiger charge is 2.52. The summed E-state index contributed by atoms with van der Waals surface area (Å²) in [5.74, 6) is 1.56. The summed E-state index contributed by atoms with van der Waals surface area (Å²) >= 11 is 0. The van der Waals surface area contributed by atoms with Gasteiger partial charge in [-0.3, -0.25) is 9.89 Å². The molecular weight excluding hydrogens is 324 g/mol. The predicted octanol–water partition coefficient (Wildman–Crippen LogP) is 0.593. The number of aromatic nitrogens is 3. The molecule has 1 aromatic rings. The number of aryl methyl sites for hydroxylation is 2. The van der Waals surface area contributed by atoms with E-state index in [2.05, 4.69) is 15.2 Å². The molecule has 8 nitrogen and oxygen atoms in total. The highest BCUT2D eigenvalue weighted by Crippen LogP contribution is 2.43. The SMILES string of the molecule is CO[C@@]12CC[C@H](OCCO)C[C@@H]1N(C(=O)CCc1n[nH]c(C)n1)CC2. The standard InChI is InChI=1S/C17H28N4O4/c1-12-18-15(20-19-12)3-4-16(23)21-8-7-17(24-2)6-5-13(11-14(17)21)25-10-9-22/h13-14,22H,3-11H2,1-2H3,(H,18,19,20)/t13-,14-,17+/m0/s1. The number of amides is 1. The van der Waals surface area contributed by atoms with E-state index in [4.69, 9.17) is 14.6 Å². The minimum atomic E-state index is -0.254. The molecule has 1 saturated heterocycles. The summed E-state index contributed by atoms with van der Waals surface area (Å²) in [6.45, 7) is 2.93. The first-order chi connectivity index (χ1) is 12.1. The Morgan fingerprint density at radius 1 is 1.48 bits per heavy atom. The van der Waals surface area contributed by atoms with Crippen LogP contribution in [0.2, 0.25) is 0 Å². The van der Waals surface area contributed by atoms with Gasteiger partial charge in [-0.15, -0.1) is 0 Å². The molecule has 8 heteroatoms. The number of aromatic amines is 1. The van der Waals surface area contributed by atoms with Crippen molar-refractivity contribution in [3.05, 3.63) is 11.6 Å². The number of carbonyl (C=O) groups excluding carboxylic acids is 1. The number of H-pyrrole nitrogens is 1. The van der Waals surface area contributed by atoms with E-state index < -0.39 is 0 Å². The summed E-state index contributed by atoms with van der Waals surface area (Å²) in [4.78, 5) is 19.0. The molecule has 3 rings (SSSR count). The topological polar surface area (TPSA) is 101 Å². The van der Waals surface area contributed by atoms with E-state index in [-0.39, 0.29) is 30.3 Å². The highest BCUT2D eigenvalue weighted by atomic mass is 16.5. The summed E-state index contributed by atoms with van der Waals surface area (Å²) in [7, 11) is 1.74. The van der Waals surface area contributed by atoms with Crippen LogP contribution in [0.3, 0.4) is 0 Å². The van der Waals surface area contributed by atoms with Gasteiger partial charge in [0, 0.05) is 26.5 Å². The number of hydrogen-bond donors (Lipinski definition) is 2. The van der Waals surface area contributed by atoms with Gasteiger partial charge in [-0.25, -0.2) is 4.98 Å². The second-order valence-corrected chi connectivity index (χ2v) is 6.95. The average molecular weight is 352 g/mol. The zero-order chi connectivity index (χ0) is 17.9. The Labute approximate surface area is 147 Å². The van der Waals surface area contributed by atoms with E-state index in [1.807, 2.05) is 11.8 Å². The maximum atomic E-state index is 12.8. The van der Waals surface area contributed by atoms with Gasteiger partial charge < -0.3 is 19.5 Å². The number of nitrogens with one attached hydrogen (secondary N) is 1. The molecule has 1 aliphatic heterocycles. The van der Waals surface area contributed by atoms with Gasteiger partial charge in [0.2, 0.25) is 5.91 Å². The third-order valence-electron chi connectivity index (χ3n) is 5.51. The molecule has 2 fully saturated rings. The van der Waals surface area contributed by atoms with Gasteiger partial charge in [-0.1, -0.05) is 0 Å². The predicted molar refractivity (Wildman–Crippen MR) is 90.0 cm³/mol. The van der Waals surface area contributed by atoms with E-state index in [1.54, 1.807) is 7.11 Å². The third-order valence-corrected chi connectivity index (χ3v) is 5.51. The monoisotopic (exact) mass is 352 g/mol. The fraction of sp³-hybridized carbons (Fsp3) is 0.824. The highest BCUT2D eigenvalue weighted by molar-refractivity contribution is 5.77. The largest absolute Gasteiger partial charge is 0.394 e. The number of hydrogen-bond acceptors (Lipinski definition) is 6. The lowest BCUT2D eigenvalue weighted by atomic mass is 9.79. The quantitative estimate of drug-likeness (QED) is 0.745. The van der Waals surface area contributed by atoms with Crippen LogP contribution in [0.1, 0.15) is 43.8 Å². The van der Waals surface area contributed by atoms with Gasteiger partial charge in [0.25, 0.3) is 0 Å². The summed E-state index contributed by atoms with van der Waals surface area (Å²) in [6.07, 6.45) is 4.43. The fourth-order valence-corrected chi connectivity index (χ4v) is 4.19. The summed E-state index contributed by atoms with van der Waals surface area (Å²) in [6, 6.07) is 0.0383. The van der Waals surface area contributed by atoms with Crippen molar-refractivity contribution >= 4 is 5.91 Å². The van der Waals surface area contributed by atoms with Crippen molar-refractivity contribution in [2.24, 2.45) is 0 Å². The maximum Gasteiger partial charge on any atom is 0.223 e. The Kier molecular flexibility index (Phi) is 5.71. The number of ether oxygens (including phenoxy) is 2. The number of carbonyl (C=O) groups is 1. The molecule has 0 bridgehead atoms. The molecule has 2 heterocycles. The number of methoxy groups -OCH3 is 1. The van der Waals surface area contributed by atoms with Crippen molar-refractivity contribution < 1.29 is 19.4 Å². The van der Waals surface area contributed by atoms with Gasteiger partial charge in [-0.2, -0.15) is 5.10 Å². The molecule has 140 valence electrons. The minimum absolute atomic E-state index is 0.0231. The summed E-state index contributed by atoms with van der Waals surface area (Å²) < 4.78 is 11.6. The van der Waals surface area contributed by atoms with Crippen molar-refractivity contribution in [2.45, 2.75) is 63.2 Å². The van der Waals surface area contributed by atoms with Crippen LogP contribution >= 0.6 is 0 Å². The van der Waals surface area contributed by atoms with Gasteiger partial charge in [0.1, 0.15) is 5.82 Å². The van der Waals surface area contributed by atoms with Gasteiger partial charge >= 0.3 is 0 Å². The van der Waals surface area contributed by atoms with Crippen LogP contribution < -0.4 is 0 Å². The maximum absolute atomic E-state index is 12.8. The Balaban J connectivity index is 1.63. The molecule has 25 heavy (non-hydrogen) atoms. The van der Waals surface area contributed by atoms with Crippen LogP contribution in [-0.2, 0) is 20.7 Å². The van der Waals surface area contributed by atoms with E-state index in [0.29, 0.717) is 25.3 Å². The zero-order valence-electron chi connectivity index (χ0n) is 15.0. The normalized spacial score (nSPS) is 29.0. The number of rotatable bonds is 7. The molecule has 0 spiro atoms. The molecule has 2 N–H and O–H groups in total. The second-order valence-electron chi connectivity index (χ2n) is 6.95. The Morgan fingerprint density at radius 3 is 3.00 bits per heavy atom. The molecular formula is C17H28N4O4. The van der Waals surface area contributed by atoms with Crippen LogP contribution in [0.25, 0.3) is 0 Å². The molecule has 0 aromatic carbocycles. The summed E-state index contributed by atoms with van der Waals surface area (Å²) in [5.41, 5.74) is -0.254. The van der Waals surface area contributed by atoms with Crippen molar-refractivity contribution in [2.75, 3.05) is 26.9 Å². The van der Waals surface area contributed by atoms with E-state index in [9.17, 15) is 4.79 Å². The smallest absolute Gasteiger partial charge is 0.223 e. The molecule has 3 atom stereocenters. The van der Waals surface area contributed by atoms with E-state index in [0.717, 1.165) is 38.1 Å². The van der Waals surface area contributed by atoms with Crippen LogP contribution in [0, 0.1) is 6.92 Å². The molecule has 0 unspecified atom stereocenters. The lowest BCUT2D eigenvalue weighted by molar-refractivity contribution is -0.142. The van der Waals surface area contributed by atoms with Gasteiger partial charge in [-0.05, 0) is 32.6 Å². The fourth-order valence-electron chi connectivity index (χ4n) is 4.19. The molecule has 2 aliphatic rings. The summed E-state index contributed by atoms with van der Waals surface area (Å²) in [5, 5.41) is 15.9. The number of aliphatic hydroxyl groups excluding tert-OH is 1. The average Bonchev–Trinajstić information content (AvgIpc) is 3.21.